The molecule has 1 fully saturated rings. The maximum absolute atomic E-state index is 11.0. The summed E-state index contributed by atoms with van der Waals surface area (Å²) in [6, 6.07) is 0. The monoisotopic (exact) mass is 358 g/mol. The van der Waals surface area contributed by atoms with E-state index in [9.17, 15) is 18.3 Å². The molecule has 0 saturated carbocycles. The second-order valence-corrected chi connectivity index (χ2v) is 6.47. The van der Waals surface area contributed by atoms with Crippen LogP contribution in [-0.4, -0.2) is 67.6 Å². The number of ether oxygens (including phenoxy) is 4. The van der Waals surface area contributed by atoms with Gasteiger partial charge in [-0.25, -0.2) is 4.18 Å². The number of carbonyl (C=O) groups excluding carboxylic acids is 1. The Hall–Kier alpha value is -0.820. The first-order chi connectivity index (χ1) is 10.5. The summed E-state index contributed by atoms with van der Waals surface area (Å²) < 4.78 is 56.1. The average Bonchev–Trinajstić information content (AvgIpc) is 2.37. The SMILES string of the molecule is CC(C)O[C@@H]1OC(OC=O)[C@@H](OC(C)C)[C@@H](O)C1OS(=O)(=O)O. The maximum Gasteiger partial charge on any atom is 0.397 e. The lowest BCUT2D eigenvalue weighted by atomic mass is 10.0. The molecule has 0 radical (unpaired) electrons. The molecule has 0 aliphatic carbocycles. The van der Waals surface area contributed by atoms with E-state index < -0.39 is 53.5 Å². The van der Waals surface area contributed by atoms with Gasteiger partial charge in [-0.1, -0.05) is 0 Å². The maximum atomic E-state index is 11.0. The number of carbonyl (C=O) groups is 1. The lowest BCUT2D eigenvalue weighted by molar-refractivity contribution is -0.349. The number of aliphatic hydroxyl groups excluding tert-OH is 1. The molecular weight excluding hydrogens is 336 g/mol. The molecule has 2 unspecified atom stereocenters. The molecule has 0 aromatic heterocycles. The first-order valence-corrected chi connectivity index (χ1v) is 8.31. The molecule has 0 aromatic carbocycles. The van der Waals surface area contributed by atoms with Crippen LogP contribution in [-0.2, 0) is 38.3 Å². The van der Waals surface area contributed by atoms with Gasteiger partial charge in [-0.3, -0.25) is 9.35 Å². The van der Waals surface area contributed by atoms with Crippen LogP contribution in [0.3, 0.4) is 0 Å². The van der Waals surface area contributed by atoms with Crippen LogP contribution in [0.2, 0.25) is 0 Å². The predicted octanol–water partition coefficient (Wildman–Crippen LogP) is -0.391. The molecule has 0 bridgehead atoms. The summed E-state index contributed by atoms with van der Waals surface area (Å²) in [4.78, 5) is 10.6. The zero-order valence-corrected chi connectivity index (χ0v) is 14.0. The summed E-state index contributed by atoms with van der Waals surface area (Å²) in [6.45, 7) is 6.67. The Balaban J connectivity index is 3.08. The summed E-state index contributed by atoms with van der Waals surface area (Å²) in [6.07, 6.45) is -8.04. The minimum atomic E-state index is -4.89. The number of aliphatic hydroxyl groups is 1. The van der Waals surface area contributed by atoms with E-state index in [4.69, 9.17) is 23.5 Å². The largest absolute Gasteiger partial charge is 0.435 e. The van der Waals surface area contributed by atoms with Crippen molar-refractivity contribution in [3.05, 3.63) is 0 Å². The zero-order valence-electron chi connectivity index (χ0n) is 13.2. The van der Waals surface area contributed by atoms with Gasteiger partial charge in [0.25, 0.3) is 6.47 Å². The quantitative estimate of drug-likeness (QED) is 0.436. The first kappa shape index (κ1) is 20.2. The van der Waals surface area contributed by atoms with Crippen molar-refractivity contribution in [3.63, 3.8) is 0 Å². The third kappa shape index (κ3) is 6.30. The molecule has 5 atom stereocenters. The van der Waals surface area contributed by atoms with E-state index in [1.54, 1.807) is 27.7 Å². The molecular formula is C12H22O10S. The van der Waals surface area contributed by atoms with E-state index in [2.05, 4.69) is 4.18 Å². The van der Waals surface area contributed by atoms with Gasteiger partial charge in [0.1, 0.15) is 12.2 Å². The second-order valence-electron chi connectivity index (χ2n) is 5.42. The van der Waals surface area contributed by atoms with Crippen molar-refractivity contribution >= 4 is 16.9 Å². The van der Waals surface area contributed by atoms with Crippen LogP contribution in [0.5, 0.6) is 0 Å². The fraction of sp³-hybridized carbons (Fsp3) is 0.917. The van der Waals surface area contributed by atoms with Crippen molar-refractivity contribution in [2.24, 2.45) is 0 Å². The van der Waals surface area contributed by atoms with Gasteiger partial charge in [0.15, 0.2) is 12.4 Å². The van der Waals surface area contributed by atoms with Crippen molar-refractivity contribution < 1.29 is 46.0 Å². The lowest BCUT2D eigenvalue weighted by Gasteiger charge is -2.42. The van der Waals surface area contributed by atoms with Crippen molar-refractivity contribution in [1.29, 1.82) is 0 Å². The van der Waals surface area contributed by atoms with E-state index in [0.717, 1.165) is 0 Å². The Morgan fingerprint density at radius 2 is 1.61 bits per heavy atom. The second kappa shape index (κ2) is 8.33. The first-order valence-electron chi connectivity index (χ1n) is 6.94. The molecule has 0 amide bonds. The van der Waals surface area contributed by atoms with Crippen LogP contribution in [0.15, 0.2) is 0 Å². The van der Waals surface area contributed by atoms with Crippen molar-refractivity contribution in [2.75, 3.05) is 0 Å². The van der Waals surface area contributed by atoms with E-state index >= 15 is 0 Å². The lowest BCUT2D eigenvalue weighted by Crippen LogP contribution is -2.61. The van der Waals surface area contributed by atoms with Gasteiger partial charge in [-0.2, -0.15) is 8.42 Å². The average molecular weight is 358 g/mol. The molecule has 2 N–H and O–H groups in total. The molecule has 1 aliphatic heterocycles. The molecule has 0 aromatic rings. The molecule has 10 nitrogen and oxygen atoms in total. The summed E-state index contributed by atoms with van der Waals surface area (Å²) in [5, 5.41) is 10.3. The minimum Gasteiger partial charge on any atom is -0.435 e. The van der Waals surface area contributed by atoms with Gasteiger partial charge in [-0.15, -0.1) is 0 Å². The van der Waals surface area contributed by atoms with Crippen LogP contribution in [0, 0.1) is 0 Å². The number of hydrogen-bond donors (Lipinski definition) is 2. The van der Waals surface area contributed by atoms with E-state index in [0.29, 0.717) is 0 Å². The molecule has 136 valence electrons. The third-order valence-corrected chi connectivity index (χ3v) is 3.20. The fourth-order valence-corrected chi connectivity index (χ4v) is 2.53. The molecule has 23 heavy (non-hydrogen) atoms. The van der Waals surface area contributed by atoms with Crippen molar-refractivity contribution in [2.45, 2.75) is 70.8 Å². The molecule has 1 saturated heterocycles. The van der Waals surface area contributed by atoms with Gasteiger partial charge < -0.3 is 24.1 Å². The highest BCUT2D eigenvalue weighted by Gasteiger charge is 2.50. The molecule has 1 heterocycles. The van der Waals surface area contributed by atoms with Crippen LogP contribution >= 0.6 is 0 Å². The summed E-state index contributed by atoms with van der Waals surface area (Å²) in [5.74, 6) is 0. The van der Waals surface area contributed by atoms with Gasteiger partial charge in [0.2, 0.25) is 6.29 Å². The van der Waals surface area contributed by atoms with Crippen LogP contribution in [0.4, 0.5) is 0 Å². The molecule has 11 heteroatoms. The highest BCUT2D eigenvalue weighted by molar-refractivity contribution is 7.80. The summed E-state index contributed by atoms with van der Waals surface area (Å²) in [5.41, 5.74) is 0. The van der Waals surface area contributed by atoms with Gasteiger partial charge >= 0.3 is 10.4 Å². The molecule has 1 aliphatic rings. The topological polar surface area (TPSA) is 138 Å². The normalized spacial score (nSPS) is 32.3. The fourth-order valence-electron chi connectivity index (χ4n) is 2.04. The summed E-state index contributed by atoms with van der Waals surface area (Å²) in [7, 11) is -4.89. The Morgan fingerprint density at radius 1 is 1.04 bits per heavy atom. The van der Waals surface area contributed by atoms with Crippen LogP contribution < -0.4 is 0 Å². The minimum absolute atomic E-state index is 0.102. The summed E-state index contributed by atoms with van der Waals surface area (Å²) >= 11 is 0. The van der Waals surface area contributed by atoms with Crippen LogP contribution in [0.1, 0.15) is 27.7 Å². The molecule has 0 spiro atoms. The highest BCUT2D eigenvalue weighted by atomic mass is 32.3. The van der Waals surface area contributed by atoms with Crippen molar-refractivity contribution in [1.82, 2.24) is 0 Å². The molecule has 1 rings (SSSR count). The Morgan fingerprint density at radius 3 is 2.04 bits per heavy atom. The Labute approximate surface area is 134 Å². The number of hydrogen-bond acceptors (Lipinski definition) is 9. The van der Waals surface area contributed by atoms with E-state index in [-0.39, 0.29) is 6.47 Å². The van der Waals surface area contributed by atoms with Gasteiger partial charge in [0, 0.05) is 0 Å². The third-order valence-electron chi connectivity index (χ3n) is 2.74. The standard InChI is InChI=1S/C12H22O10S/c1-6(2)19-9-8(14)10(22-23(15,16)17)12(20-7(3)4)21-11(9)18-5-13/h5-12,14H,1-4H3,(H,15,16,17)/t8-,9+,10?,11?,12-/m1/s1. The zero-order chi connectivity index (χ0) is 17.8. The van der Waals surface area contributed by atoms with E-state index in [1.807, 2.05) is 0 Å². The van der Waals surface area contributed by atoms with Crippen molar-refractivity contribution in [3.8, 4) is 0 Å². The Bertz CT molecular complexity index is 476. The van der Waals surface area contributed by atoms with Crippen LogP contribution in [0.25, 0.3) is 0 Å². The van der Waals surface area contributed by atoms with Gasteiger partial charge in [-0.05, 0) is 27.7 Å². The van der Waals surface area contributed by atoms with Gasteiger partial charge in [0.05, 0.1) is 12.2 Å². The predicted molar refractivity (Wildman–Crippen MR) is 74.5 cm³/mol. The smallest absolute Gasteiger partial charge is 0.397 e. The Kier molecular flexibility index (Phi) is 7.32. The van der Waals surface area contributed by atoms with E-state index in [1.165, 1.54) is 0 Å². The number of rotatable bonds is 8. The highest BCUT2D eigenvalue weighted by Crippen LogP contribution is 2.29.